The molecule has 3 aromatic rings. The van der Waals surface area contributed by atoms with E-state index < -0.39 is 0 Å². The molecule has 27 heavy (non-hydrogen) atoms. The maximum absolute atomic E-state index is 12.7. The van der Waals surface area contributed by atoms with Gasteiger partial charge in [-0.3, -0.25) is 14.2 Å². The Kier molecular flexibility index (Phi) is 5.78. The van der Waals surface area contributed by atoms with Crippen LogP contribution in [0.1, 0.15) is 20.7 Å². The zero-order chi connectivity index (χ0) is 19.4. The molecule has 0 N–H and O–H groups in total. The average molecular weight is 405 g/mol. The molecule has 0 aliphatic carbocycles. The number of carbonyl (C=O) groups excluding carboxylic acids is 2. The Morgan fingerprint density at radius 2 is 1.81 bits per heavy atom. The van der Waals surface area contributed by atoms with Crippen LogP contribution in [-0.4, -0.2) is 35.0 Å². The van der Waals surface area contributed by atoms with Crippen molar-refractivity contribution in [3.63, 3.8) is 0 Å². The lowest BCUT2D eigenvalue weighted by molar-refractivity contribution is 0.0837. The molecule has 0 spiro atoms. The SMILES string of the molecule is COc1ccc(C(=O)c2ccc(OCC(=O)n3ccnc3)c(Cl)c2Cl)cc1. The van der Waals surface area contributed by atoms with Gasteiger partial charge in [-0.25, -0.2) is 4.98 Å². The Labute approximate surface area is 165 Å². The average Bonchev–Trinajstić information content (AvgIpc) is 3.23. The lowest BCUT2D eigenvalue weighted by Crippen LogP contribution is -2.18. The van der Waals surface area contributed by atoms with Crippen molar-refractivity contribution < 1.29 is 19.1 Å². The van der Waals surface area contributed by atoms with Gasteiger partial charge in [-0.05, 0) is 36.4 Å². The van der Waals surface area contributed by atoms with Crippen LogP contribution in [-0.2, 0) is 0 Å². The number of ether oxygens (including phenoxy) is 2. The van der Waals surface area contributed by atoms with Crippen molar-refractivity contribution in [2.24, 2.45) is 0 Å². The third kappa shape index (κ3) is 4.13. The highest BCUT2D eigenvalue weighted by atomic mass is 35.5. The number of halogens is 2. The van der Waals surface area contributed by atoms with E-state index >= 15 is 0 Å². The van der Waals surface area contributed by atoms with E-state index in [0.29, 0.717) is 11.3 Å². The molecule has 8 heteroatoms. The first kappa shape index (κ1) is 18.9. The second-order valence-corrected chi connectivity index (χ2v) is 6.21. The van der Waals surface area contributed by atoms with E-state index in [2.05, 4.69) is 4.98 Å². The van der Waals surface area contributed by atoms with Crippen LogP contribution < -0.4 is 9.47 Å². The Bertz CT molecular complexity index is 970. The summed E-state index contributed by atoms with van der Waals surface area (Å²) in [6.45, 7) is -0.252. The molecule has 0 atom stereocenters. The molecule has 1 aromatic heterocycles. The van der Waals surface area contributed by atoms with Crippen molar-refractivity contribution in [1.82, 2.24) is 9.55 Å². The van der Waals surface area contributed by atoms with E-state index in [0.717, 1.165) is 0 Å². The molecular weight excluding hydrogens is 391 g/mol. The van der Waals surface area contributed by atoms with E-state index in [9.17, 15) is 9.59 Å². The fourth-order valence-electron chi connectivity index (χ4n) is 2.34. The second-order valence-electron chi connectivity index (χ2n) is 5.45. The summed E-state index contributed by atoms with van der Waals surface area (Å²) in [5.41, 5.74) is 0.679. The number of nitrogens with zero attached hydrogens (tertiary/aromatic N) is 2. The molecule has 0 radical (unpaired) electrons. The molecule has 0 unspecified atom stereocenters. The fourth-order valence-corrected chi connectivity index (χ4v) is 2.80. The number of carbonyl (C=O) groups is 2. The van der Waals surface area contributed by atoms with E-state index in [1.165, 1.54) is 35.4 Å². The van der Waals surface area contributed by atoms with Crippen LogP contribution in [0.15, 0.2) is 55.1 Å². The number of aromatic nitrogens is 2. The van der Waals surface area contributed by atoms with Crippen molar-refractivity contribution in [2.75, 3.05) is 13.7 Å². The van der Waals surface area contributed by atoms with E-state index in [1.54, 1.807) is 31.4 Å². The van der Waals surface area contributed by atoms with Gasteiger partial charge in [-0.2, -0.15) is 0 Å². The van der Waals surface area contributed by atoms with Gasteiger partial charge in [0.05, 0.1) is 12.1 Å². The molecule has 0 saturated carbocycles. The molecule has 0 fully saturated rings. The van der Waals surface area contributed by atoms with E-state index in [1.807, 2.05) is 0 Å². The molecule has 6 nitrogen and oxygen atoms in total. The highest BCUT2D eigenvalue weighted by Gasteiger charge is 2.19. The summed E-state index contributed by atoms with van der Waals surface area (Å²) >= 11 is 12.5. The molecule has 0 saturated heterocycles. The Hall–Kier alpha value is -2.83. The summed E-state index contributed by atoms with van der Waals surface area (Å²) in [4.78, 5) is 28.4. The molecule has 0 amide bonds. The zero-order valence-electron chi connectivity index (χ0n) is 14.2. The van der Waals surface area contributed by atoms with Gasteiger partial charge >= 0.3 is 0 Å². The van der Waals surface area contributed by atoms with Gasteiger partial charge < -0.3 is 9.47 Å². The lowest BCUT2D eigenvalue weighted by atomic mass is 10.0. The lowest BCUT2D eigenvalue weighted by Gasteiger charge is -2.11. The first-order valence-electron chi connectivity index (χ1n) is 7.82. The van der Waals surface area contributed by atoms with Gasteiger partial charge in [0.1, 0.15) is 22.8 Å². The summed E-state index contributed by atoms with van der Waals surface area (Å²) in [6.07, 6.45) is 4.37. The van der Waals surface area contributed by atoms with Crippen molar-refractivity contribution >= 4 is 34.9 Å². The van der Waals surface area contributed by atoms with Crippen LogP contribution in [0.2, 0.25) is 10.0 Å². The van der Waals surface area contributed by atoms with E-state index in [-0.39, 0.29) is 39.7 Å². The molecule has 0 bridgehead atoms. The summed E-state index contributed by atoms with van der Waals surface area (Å²) in [5.74, 6) is 0.243. The molecule has 0 aliphatic heterocycles. The monoisotopic (exact) mass is 404 g/mol. The van der Waals surface area contributed by atoms with Gasteiger partial charge in [0.15, 0.2) is 12.4 Å². The van der Waals surface area contributed by atoms with Crippen molar-refractivity contribution in [3.05, 3.63) is 76.3 Å². The first-order valence-corrected chi connectivity index (χ1v) is 8.57. The summed E-state index contributed by atoms with van der Waals surface area (Å²) in [6, 6.07) is 9.66. The summed E-state index contributed by atoms with van der Waals surface area (Å²) in [7, 11) is 1.55. The Balaban J connectivity index is 1.77. The van der Waals surface area contributed by atoms with Crippen LogP contribution in [0.3, 0.4) is 0 Å². The van der Waals surface area contributed by atoms with Crippen molar-refractivity contribution in [3.8, 4) is 11.5 Å². The third-order valence-corrected chi connectivity index (χ3v) is 4.65. The number of benzene rings is 2. The predicted molar refractivity (Wildman–Crippen MR) is 101 cm³/mol. The molecule has 138 valence electrons. The minimum atomic E-state index is -0.321. The maximum Gasteiger partial charge on any atom is 0.269 e. The van der Waals surface area contributed by atoms with Crippen LogP contribution in [0.25, 0.3) is 0 Å². The van der Waals surface area contributed by atoms with Gasteiger partial charge in [0, 0.05) is 23.5 Å². The molecule has 3 rings (SSSR count). The predicted octanol–water partition coefficient (Wildman–Crippen LogP) is 4.15. The number of rotatable bonds is 6. The van der Waals surface area contributed by atoms with Crippen molar-refractivity contribution in [1.29, 1.82) is 0 Å². The minimum Gasteiger partial charge on any atom is -0.497 e. The summed E-state index contributed by atoms with van der Waals surface area (Å²) in [5, 5.41) is 0.125. The van der Waals surface area contributed by atoms with Gasteiger partial charge in [0.25, 0.3) is 5.91 Å². The smallest absolute Gasteiger partial charge is 0.269 e. The van der Waals surface area contributed by atoms with Gasteiger partial charge in [-0.15, -0.1) is 0 Å². The van der Waals surface area contributed by atoms with Crippen LogP contribution in [0, 0.1) is 0 Å². The minimum absolute atomic E-state index is 0.0602. The highest BCUT2D eigenvalue weighted by Crippen LogP contribution is 2.35. The molecule has 1 heterocycles. The maximum atomic E-state index is 12.7. The normalized spacial score (nSPS) is 10.5. The van der Waals surface area contributed by atoms with Gasteiger partial charge in [-0.1, -0.05) is 23.2 Å². The number of imidazole rings is 1. The quantitative estimate of drug-likeness (QED) is 0.577. The van der Waals surface area contributed by atoms with Crippen LogP contribution in [0.5, 0.6) is 11.5 Å². The van der Waals surface area contributed by atoms with Gasteiger partial charge in [0.2, 0.25) is 0 Å². The molecule has 2 aromatic carbocycles. The topological polar surface area (TPSA) is 70.4 Å². The van der Waals surface area contributed by atoms with Crippen LogP contribution in [0.4, 0.5) is 0 Å². The number of hydrogen-bond donors (Lipinski definition) is 0. The Morgan fingerprint density at radius 3 is 2.44 bits per heavy atom. The number of hydrogen-bond acceptors (Lipinski definition) is 5. The third-order valence-electron chi connectivity index (χ3n) is 3.79. The first-order chi connectivity index (χ1) is 13.0. The molecular formula is C19H14Cl2N2O4. The molecule has 0 aliphatic rings. The van der Waals surface area contributed by atoms with Crippen LogP contribution >= 0.6 is 23.2 Å². The van der Waals surface area contributed by atoms with E-state index in [4.69, 9.17) is 32.7 Å². The summed E-state index contributed by atoms with van der Waals surface area (Å²) < 4.78 is 11.8. The fraction of sp³-hybridized carbons (Fsp3) is 0.105. The standard InChI is InChI=1S/C19H14Cl2N2O4/c1-26-13-4-2-12(3-5-13)19(25)14-6-7-15(18(21)17(14)20)27-10-16(24)23-9-8-22-11-23/h2-9,11H,10H2,1H3. The number of ketones is 1. The zero-order valence-corrected chi connectivity index (χ0v) is 15.7. The van der Waals surface area contributed by atoms with Crippen molar-refractivity contribution in [2.45, 2.75) is 0 Å². The second kappa shape index (κ2) is 8.24. The largest absolute Gasteiger partial charge is 0.497 e. The Morgan fingerprint density at radius 1 is 1.07 bits per heavy atom. The highest BCUT2D eigenvalue weighted by molar-refractivity contribution is 6.45. The number of methoxy groups -OCH3 is 1.